The predicted octanol–water partition coefficient (Wildman–Crippen LogP) is 2.98. The van der Waals surface area contributed by atoms with Gasteiger partial charge in [-0.05, 0) is 47.9 Å². The highest BCUT2D eigenvalue weighted by molar-refractivity contribution is 7.10. The number of rotatable bonds is 10. The molecule has 1 atom stereocenters. The number of hydrogen-bond acceptors (Lipinski definition) is 5. The molecule has 2 rings (SSSR count). The van der Waals surface area contributed by atoms with Crippen molar-refractivity contribution >= 4 is 17.2 Å². The monoisotopic (exact) mass is 363 g/mol. The summed E-state index contributed by atoms with van der Waals surface area (Å²) in [6.45, 7) is 0.747. The Hall–Kier alpha value is -2.05. The van der Waals surface area contributed by atoms with E-state index in [9.17, 15) is 9.90 Å². The Bertz CT molecular complexity index is 657. The third kappa shape index (κ3) is 5.76. The van der Waals surface area contributed by atoms with Gasteiger partial charge in [-0.15, -0.1) is 11.3 Å². The lowest BCUT2D eigenvalue weighted by atomic mass is 10.00. The van der Waals surface area contributed by atoms with Gasteiger partial charge in [0.25, 0.3) is 0 Å². The fraction of sp³-hybridized carbons (Fsp3) is 0.421. The molecule has 136 valence electrons. The van der Waals surface area contributed by atoms with Crippen LogP contribution >= 0.6 is 11.3 Å². The summed E-state index contributed by atoms with van der Waals surface area (Å²) in [5.74, 6) is 1.52. The Kier molecular flexibility index (Phi) is 7.76. The third-order valence-corrected chi connectivity index (χ3v) is 5.09. The van der Waals surface area contributed by atoms with E-state index in [0.29, 0.717) is 30.9 Å². The number of amides is 1. The normalized spacial score (nSPS) is 11.8. The average molecular weight is 363 g/mol. The van der Waals surface area contributed by atoms with E-state index in [1.54, 1.807) is 31.6 Å². The molecule has 1 aromatic carbocycles. The van der Waals surface area contributed by atoms with E-state index in [0.717, 1.165) is 12.0 Å². The molecule has 0 aliphatic heterocycles. The lowest BCUT2D eigenvalue weighted by molar-refractivity contribution is -0.120. The van der Waals surface area contributed by atoms with Gasteiger partial charge in [-0.25, -0.2) is 0 Å². The number of methoxy groups -OCH3 is 2. The molecule has 5 nitrogen and oxygen atoms in total. The van der Waals surface area contributed by atoms with Crippen molar-refractivity contribution in [1.29, 1.82) is 0 Å². The minimum absolute atomic E-state index is 0.0267. The zero-order valence-electron chi connectivity index (χ0n) is 14.7. The fourth-order valence-corrected chi connectivity index (χ4v) is 3.63. The molecule has 1 amide bonds. The van der Waals surface area contributed by atoms with Crippen LogP contribution in [0.15, 0.2) is 35.7 Å². The van der Waals surface area contributed by atoms with Gasteiger partial charge in [0, 0.05) is 18.0 Å². The maximum atomic E-state index is 12.2. The zero-order chi connectivity index (χ0) is 18.1. The summed E-state index contributed by atoms with van der Waals surface area (Å²) in [7, 11) is 3.16. The van der Waals surface area contributed by atoms with Crippen molar-refractivity contribution in [3.8, 4) is 11.5 Å². The molecule has 0 bridgehead atoms. The first-order chi connectivity index (χ1) is 12.2. The SMILES string of the molecule is COc1ccc(CC(=O)NCC[C@@H](CCO)c2cccs2)cc1OC. The highest BCUT2D eigenvalue weighted by Crippen LogP contribution is 2.28. The van der Waals surface area contributed by atoms with Gasteiger partial charge in [0.05, 0.1) is 20.6 Å². The van der Waals surface area contributed by atoms with Crippen LogP contribution in [0.4, 0.5) is 0 Å². The number of aliphatic hydroxyl groups is 1. The lowest BCUT2D eigenvalue weighted by Gasteiger charge is -2.15. The van der Waals surface area contributed by atoms with Crippen LogP contribution in [0.2, 0.25) is 0 Å². The first-order valence-electron chi connectivity index (χ1n) is 8.29. The molecule has 2 aromatic rings. The number of benzene rings is 1. The number of aliphatic hydroxyl groups excluding tert-OH is 1. The van der Waals surface area contributed by atoms with Crippen LogP contribution in [-0.4, -0.2) is 38.4 Å². The van der Waals surface area contributed by atoms with E-state index in [2.05, 4.69) is 11.4 Å². The Morgan fingerprint density at radius 2 is 2.00 bits per heavy atom. The molecule has 0 aliphatic carbocycles. The number of nitrogens with one attached hydrogen (secondary N) is 1. The van der Waals surface area contributed by atoms with Crippen LogP contribution in [-0.2, 0) is 11.2 Å². The zero-order valence-corrected chi connectivity index (χ0v) is 15.5. The number of ether oxygens (including phenoxy) is 2. The van der Waals surface area contributed by atoms with Crippen molar-refractivity contribution in [3.05, 3.63) is 46.2 Å². The molecule has 0 radical (unpaired) electrons. The minimum Gasteiger partial charge on any atom is -0.493 e. The van der Waals surface area contributed by atoms with Crippen molar-refractivity contribution in [1.82, 2.24) is 5.32 Å². The van der Waals surface area contributed by atoms with Gasteiger partial charge in [-0.1, -0.05) is 12.1 Å². The van der Waals surface area contributed by atoms with Gasteiger partial charge < -0.3 is 19.9 Å². The summed E-state index contributed by atoms with van der Waals surface area (Å²) in [5.41, 5.74) is 0.875. The molecule has 0 spiro atoms. The molecular weight excluding hydrogens is 338 g/mol. The highest BCUT2D eigenvalue weighted by atomic mass is 32.1. The van der Waals surface area contributed by atoms with Gasteiger partial charge in [0.1, 0.15) is 0 Å². The van der Waals surface area contributed by atoms with Gasteiger partial charge >= 0.3 is 0 Å². The molecule has 0 aliphatic rings. The van der Waals surface area contributed by atoms with Crippen LogP contribution in [0.5, 0.6) is 11.5 Å². The van der Waals surface area contributed by atoms with Gasteiger partial charge in [0.15, 0.2) is 11.5 Å². The second-order valence-electron chi connectivity index (χ2n) is 5.73. The molecule has 1 heterocycles. The summed E-state index contributed by atoms with van der Waals surface area (Å²) in [6, 6.07) is 9.58. The van der Waals surface area contributed by atoms with E-state index in [1.807, 2.05) is 23.6 Å². The quantitative estimate of drug-likeness (QED) is 0.681. The molecule has 0 unspecified atom stereocenters. The highest BCUT2D eigenvalue weighted by Gasteiger charge is 2.13. The molecule has 0 saturated heterocycles. The maximum Gasteiger partial charge on any atom is 0.224 e. The third-order valence-electron chi connectivity index (χ3n) is 4.05. The first kappa shape index (κ1) is 19.3. The molecule has 0 fully saturated rings. The lowest BCUT2D eigenvalue weighted by Crippen LogP contribution is -2.27. The second kappa shape index (κ2) is 10.1. The summed E-state index contributed by atoms with van der Waals surface area (Å²) < 4.78 is 10.5. The van der Waals surface area contributed by atoms with Crippen molar-refractivity contribution < 1.29 is 19.4 Å². The smallest absolute Gasteiger partial charge is 0.224 e. The van der Waals surface area contributed by atoms with E-state index in [4.69, 9.17) is 9.47 Å². The summed E-state index contributed by atoms with van der Waals surface area (Å²) >= 11 is 1.69. The Balaban J connectivity index is 1.84. The Morgan fingerprint density at radius 3 is 2.64 bits per heavy atom. The first-order valence-corrected chi connectivity index (χ1v) is 9.17. The number of hydrogen-bond donors (Lipinski definition) is 2. The Labute approximate surface area is 152 Å². The van der Waals surface area contributed by atoms with E-state index in [1.165, 1.54) is 4.88 Å². The molecule has 0 saturated carbocycles. The second-order valence-corrected chi connectivity index (χ2v) is 6.71. The van der Waals surface area contributed by atoms with Gasteiger partial charge in [-0.2, -0.15) is 0 Å². The molecule has 6 heteroatoms. The van der Waals surface area contributed by atoms with Crippen LogP contribution in [0.3, 0.4) is 0 Å². The molecule has 25 heavy (non-hydrogen) atoms. The van der Waals surface area contributed by atoms with Crippen LogP contribution in [0, 0.1) is 0 Å². The van der Waals surface area contributed by atoms with Crippen molar-refractivity contribution in [2.75, 3.05) is 27.4 Å². The fourth-order valence-electron chi connectivity index (χ4n) is 2.73. The van der Waals surface area contributed by atoms with Crippen LogP contribution in [0.1, 0.15) is 29.2 Å². The maximum absolute atomic E-state index is 12.2. The Morgan fingerprint density at radius 1 is 1.20 bits per heavy atom. The summed E-state index contributed by atoms with van der Waals surface area (Å²) in [4.78, 5) is 13.4. The standard InChI is InChI=1S/C19H25NO4S/c1-23-16-6-5-14(12-17(16)24-2)13-19(22)20-9-7-15(8-10-21)18-4-3-11-25-18/h3-6,11-12,15,21H,7-10,13H2,1-2H3,(H,20,22)/t15-/m0/s1. The predicted molar refractivity (Wildman–Crippen MR) is 99.6 cm³/mol. The van der Waals surface area contributed by atoms with Gasteiger partial charge in [-0.3, -0.25) is 4.79 Å². The van der Waals surface area contributed by atoms with E-state index >= 15 is 0 Å². The van der Waals surface area contributed by atoms with E-state index in [-0.39, 0.29) is 18.4 Å². The van der Waals surface area contributed by atoms with E-state index < -0.39 is 0 Å². The summed E-state index contributed by atoms with van der Waals surface area (Å²) in [6.07, 6.45) is 1.83. The largest absolute Gasteiger partial charge is 0.493 e. The number of carbonyl (C=O) groups is 1. The molecular formula is C19H25NO4S. The van der Waals surface area contributed by atoms with Crippen molar-refractivity contribution in [3.63, 3.8) is 0 Å². The van der Waals surface area contributed by atoms with Crippen molar-refractivity contribution in [2.45, 2.75) is 25.2 Å². The number of carbonyl (C=O) groups excluding carboxylic acids is 1. The average Bonchev–Trinajstić information content (AvgIpc) is 3.15. The molecule has 1 aromatic heterocycles. The topological polar surface area (TPSA) is 67.8 Å². The van der Waals surface area contributed by atoms with Crippen LogP contribution < -0.4 is 14.8 Å². The minimum atomic E-state index is -0.0267. The summed E-state index contributed by atoms with van der Waals surface area (Å²) in [5, 5.41) is 14.2. The van der Waals surface area contributed by atoms with Gasteiger partial charge in [0.2, 0.25) is 5.91 Å². The molecule has 2 N–H and O–H groups in total. The van der Waals surface area contributed by atoms with Crippen molar-refractivity contribution in [2.24, 2.45) is 0 Å². The number of thiophene rings is 1. The van der Waals surface area contributed by atoms with Crippen LogP contribution in [0.25, 0.3) is 0 Å².